The second-order valence-electron chi connectivity index (χ2n) is 5.86. The van der Waals surface area contributed by atoms with Gasteiger partial charge in [-0.2, -0.15) is 0 Å². The van der Waals surface area contributed by atoms with Crippen LogP contribution in [0.5, 0.6) is 0 Å². The van der Waals surface area contributed by atoms with E-state index in [1.165, 1.54) is 0 Å². The molecule has 0 fully saturated rings. The monoisotopic (exact) mass is 339 g/mol. The lowest BCUT2D eigenvalue weighted by molar-refractivity contribution is -0.127. The number of guanidine groups is 1. The fraction of sp³-hybridized carbons (Fsp3) is 0.688. The molecule has 6 nitrogen and oxygen atoms in total. The number of nitrogens with zero attached hydrogens (tertiary/aromatic N) is 4. The lowest BCUT2D eigenvalue weighted by Crippen LogP contribution is -2.42. The third-order valence-corrected chi connectivity index (χ3v) is 4.47. The predicted octanol–water partition coefficient (Wildman–Crippen LogP) is 2.01. The molecular weight excluding hydrogens is 310 g/mol. The Hall–Kier alpha value is -1.63. The largest absolute Gasteiger partial charge is 0.356 e. The highest BCUT2D eigenvalue weighted by atomic mass is 32.1. The normalized spacial score (nSPS) is 12.8. The summed E-state index contributed by atoms with van der Waals surface area (Å²) < 4.78 is 0. The SMILES string of the molecule is CCCCNC(=NCC(=O)N(C)C)N(C)CC(C)c1nccs1. The van der Waals surface area contributed by atoms with Gasteiger partial charge in [-0.05, 0) is 6.42 Å². The fourth-order valence-electron chi connectivity index (χ4n) is 2.03. The van der Waals surface area contributed by atoms with E-state index in [4.69, 9.17) is 0 Å². The second-order valence-corrected chi connectivity index (χ2v) is 6.79. The maximum atomic E-state index is 11.8. The third kappa shape index (κ3) is 6.99. The van der Waals surface area contributed by atoms with Crippen LogP contribution < -0.4 is 5.32 Å². The van der Waals surface area contributed by atoms with Crippen molar-refractivity contribution < 1.29 is 4.79 Å². The van der Waals surface area contributed by atoms with E-state index in [0.29, 0.717) is 5.92 Å². The molecule has 1 rings (SSSR count). The number of amides is 1. The van der Waals surface area contributed by atoms with Crippen molar-refractivity contribution >= 4 is 23.2 Å². The minimum Gasteiger partial charge on any atom is -0.356 e. The molecule has 1 atom stereocenters. The number of thiazole rings is 1. The standard InChI is InChI=1S/C16H29N5OS/c1-6-7-8-18-16(19-11-14(22)20(3)4)21(5)12-13(2)15-17-9-10-23-15/h9-10,13H,6-8,11-12H2,1-5H3,(H,18,19). The summed E-state index contributed by atoms with van der Waals surface area (Å²) in [6.45, 7) is 6.15. The van der Waals surface area contributed by atoms with Crippen LogP contribution in [0.25, 0.3) is 0 Å². The molecule has 1 aromatic heterocycles. The molecule has 0 aromatic carbocycles. The van der Waals surface area contributed by atoms with Crippen molar-refractivity contribution in [3.05, 3.63) is 16.6 Å². The summed E-state index contributed by atoms with van der Waals surface area (Å²) in [6, 6.07) is 0. The first-order valence-corrected chi connectivity index (χ1v) is 8.92. The van der Waals surface area contributed by atoms with Gasteiger partial charge in [0, 0.05) is 51.7 Å². The van der Waals surface area contributed by atoms with Crippen LogP contribution in [0.4, 0.5) is 0 Å². The van der Waals surface area contributed by atoms with Crippen LogP contribution in [-0.2, 0) is 4.79 Å². The lowest BCUT2D eigenvalue weighted by Gasteiger charge is -2.25. The van der Waals surface area contributed by atoms with Crippen LogP contribution in [0.2, 0.25) is 0 Å². The van der Waals surface area contributed by atoms with Crippen LogP contribution in [0.3, 0.4) is 0 Å². The number of aliphatic imine (C=N–C) groups is 1. The van der Waals surface area contributed by atoms with E-state index in [1.807, 2.05) is 18.6 Å². The van der Waals surface area contributed by atoms with E-state index in [9.17, 15) is 4.79 Å². The molecule has 0 bridgehead atoms. The summed E-state index contributed by atoms with van der Waals surface area (Å²) in [7, 11) is 5.49. The number of aromatic nitrogens is 1. The minimum atomic E-state index is 0.00108. The molecule has 1 amide bonds. The molecule has 1 N–H and O–H groups in total. The van der Waals surface area contributed by atoms with E-state index in [0.717, 1.165) is 36.9 Å². The van der Waals surface area contributed by atoms with Gasteiger partial charge in [-0.1, -0.05) is 20.3 Å². The van der Waals surface area contributed by atoms with Gasteiger partial charge in [0.1, 0.15) is 6.54 Å². The van der Waals surface area contributed by atoms with Crippen LogP contribution in [-0.4, -0.2) is 67.4 Å². The minimum absolute atomic E-state index is 0.00108. The molecule has 7 heteroatoms. The Morgan fingerprint density at radius 1 is 1.43 bits per heavy atom. The number of unbranched alkanes of at least 4 members (excludes halogenated alkanes) is 1. The molecule has 23 heavy (non-hydrogen) atoms. The Labute approximate surface area is 143 Å². The average molecular weight is 340 g/mol. The van der Waals surface area contributed by atoms with Crippen molar-refractivity contribution in [1.29, 1.82) is 0 Å². The zero-order valence-electron chi connectivity index (χ0n) is 14.9. The Bertz CT molecular complexity index is 487. The zero-order valence-corrected chi connectivity index (χ0v) is 15.7. The average Bonchev–Trinajstić information content (AvgIpc) is 3.04. The van der Waals surface area contributed by atoms with Crippen molar-refractivity contribution in [2.75, 3.05) is 40.8 Å². The molecule has 0 saturated heterocycles. The van der Waals surface area contributed by atoms with Crippen molar-refractivity contribution in [1.82, 2.24) is 20.1 Å². The van der Waals surface area contributed by atoms with Gasteiger partial charge in [-0.25, -0.2) is 9.98 Å². The Morgan fingerprint density at radius 3 is 2.74 bits per heavy atom. The quantitative estimate of drug-likeness (QED) is 0.447. The predicted molar refractivity (Wildman–Crippen MR) is 97.1 cm³/mol. The fourth-order valence-corrected chi connectivity index (χ4v) is 2.72. The number of hydrogen-bond donors (Lipinski definition) is 1. The van der Waals surface area contributed by atoms with Crippen molar-refractivity contribution in [3.63, 3.8) is 0 Å². The van der Waals surface area contributed by atoms with Gasteiger partial charge in [0.05, 0.1) is 5.01 Å². The molecule has 0 spiro atoms. The number of hydrogen-bond acceptors (Lipinski definition) is 4. The smallest absolute Gasteiger partial charge is 0.243 e. The first-order valence-electron chi connectivity index (χ1n) is 8.04. The first-order chi connectivity index (χ1) is 11.0. The number of nitrogens with one attached hydrogen (secondary N) is 1. The summed E-state index contributed by atoms with van der Waals surface area (Å²) in [4.78, 5) is 24.3. The number of rotatable bonds is 8. The van der Waals surface area contributed by atoms with E-state index in [-0.39, 0.29) is 12.5 Å². The summed E-state index contributed by atoms with van der Waals surface area (Å²) in [6.07, 6.45) is 4.04. The number of likely N-dealkylation sites (N-methyl/N-ethyl adjacent to an activating group) is 2. The maximum absolute atomic E-state index is 11.8. The molecule has 1 aromatic rings. The molecule has 1 heterocycles. The summed E-state index contributed by atoms with van der Waals surface area (Å²) >= 11 is 1.67. The lowest BCUT2D eigenvalue weighted by atomic mass is 10.2. The molecule has 0 aliphatic carbocycles. The molecule has 0 radical (unpaired) electrons. The van der Waals surface area contributed by atoms with Crippen molar-refractivity contribution in [3.8, 4) is 0 Å². The Morgan fingerprint density at radius 2 is 2.17 bits per heavy atom. The second kappa shape index (κ2) is 10.2. The molecule has 0 aliphatic heterocycles. The Kier molecular flexibility index (Phi) is 8.61. The van der Waals surface area contributed by atoms with Crippen LogP contribution in [0.1, 0.15) is 37.6 Å². The van der Waals surface area contributed by atoms with Gasteiger partial charge >= 0.3 is 0 Å². The van der Waals surface area contributed by atoms with Gasteiger partial charge < -0.3 is 15.1 Å². The molecule has 0 saturated carbocycles. The van der Waals surface area contributed by atoms with Crippen LogP contribution in [0, 0.1) is 0 Å². The van der Waals surface area contributed by atoms with Gasteiger partial charge in [-0.3, -0.25) is 4.79 Å². The molecule has 130 valence electrons. The van der Waals surface area contributed by atoms with E-state index < -0.39 is 0 Å². The van der Waals surface area contributed by atoms with Crippen LogP contribution in [0.15, 0.2) is 16.6 Å². The van der Waals surface area contributed by atoms with Crippen LogP contribution >= 0.6 is 11.3 Å². The van der Waals surface area contributed by atoms with E-state index in [2.05, 4.69) is 34.0 Å². The molecular formula is C16H29N5OS. The highest BCUT2D eigenvalue weighted by molar-refractivity contribution is 7.09. The van der Waals surface area contributed by atoms with Crippen molar-refractivity contribution in [2.45, 2.75) is 32.6 Å². The maximum Gasteiger partial charge on any atom is 0.243 e. The van der Waals surface area contributed by atoms with Gasteiger partial charge in [-0.15, -0.1) is 11.3 Å². The van der Waals surface area contributed by atoms with Gasteiger partial charge in [0.2, 0.25) is 5.91 Å². The van der Waals surface area contributed by atoms with Crippen molar-refractivity contribution in [2.24, 2.45) is 4.99 Å². The number of carbonyl (C=O) groups excluding carboxylic acids is 1. The van der Waals surface area contributed by atoms with Gasteiger partial charge in [0.15, 0.2) is 5.96 Å². The third-order valence-electron chi connectivity index (χ3n) is 3.46. The summed E-state index contributed by atoms with van der Waals surface area (Å²) in [5, 5.41) is 6.47. The molecule has 1 unspecified atom stereocenters. The first kappa shape index (κ1) is 19.4. The Balaban J connectivity index is 2.68. The zero-order chi connectivity index (χ0) is 17.2. The van der Waals surface area contributed by atoms with Gasteiger partial charge in [0.25, 0.3) is 0 Å². The number of carbonyl (C=O) groups is 1. The van der Waals surface area contributed by atoms with E-state index in [1.54, 1.807) is 30.3 Å². The summed E-state index contributed by atoms with van der Waals surface area (Å²) in [5.74, 6) is 1.10. The van der Waals surface area contributed by atoms with E-state index >= 15 is 0 Å². The highest BCUT2D eigenvalue weighted by Crippen LogP contribution is 2.18. The molecule has 0 aliphatic rings. The highest BCUT2D eigenvalue weighted by Gasteiger charge is 2.14. The summed E-state index contributed by atoms with van der Waals surface area (Å²) in [5.41, 5.74) is 0. The topological polar surface area (TPSA) is 60.8 Å².